The highest BCUT2D eigenvalue weighted by Crippen LogP contribution is 2.27. The fraction of sp³-hybridized carbons (Fsp3) is 0.533. The molecule has 0 saturated carbocycles. The summed E-state index contributed by atoms with van der Waals surface area (Å²) in [7, 11) is 1.60. The molecule has 1 amide bonds. The van der Waals surface area contributed by atoms with Crippen molar-refractivity contribution >= 4 is 33.4 Å². The highest BCUT2D eigenvalue weighted by atomic mass is 79.9. The Morgan fingerprint density at radius 2 is 2.25 bits per heavy atom. The first-order chi connectivity index (χ1) is 9.67. The minimum absolute atomic E-state index is 0.0309. The van der Waals surface area contributed by atoms with E-state index >= 15 is 0 Å². The predicted molar refractivity (Wildman–Crippen MR) is 84.7 cm³/mol. The molecule has 110 valence electrons. The van der Waals surface area contributed by atoms with Crippen molar-refractivity contribution in [2.45, 2.75) is 31.7 Å². The number of amides is 1. The molecule has 1 saturated heterocycles. The molecule has 1 aliphatic rings. The van der Waals surface area contributed by atoms with Gasteiger partial charge in [-0.25, -0.2) is 0 Å². The van der Waals surface area contributed by atoms with Gasteiger partial charge < -0.3 is 9.64 Å². The molecule has 0 bridgehead atoms. The van der Waals surface area contributed by atoms with Gasteiger partial charge >= 0.3 is 0 Å². The number of hydrogen-bond acceptors (Lipinski definition) is 2. The first-order valence-electron chi connectivity index (χ1n) is 6.88. The van der Waals surface area contributed by atoms with Crippen LogP contribution in [0.5, 0.6) is 5.75 Å². The van der Waals surface area contributed by atoms with E-state index < -0.39 is 0 Å². The van der Waals surface area contributed by atoms with Crippen LogP contribution < -0.4 is 4.74 Å². The Morgan fingerprint density at radius 3 is 2.95 bits per heavy atom. The van der Waals surface area contributed by atoms with Crippen LogP contribution in [0.4, 0.5) is 0 Å². The number of carbonyl (C=O) groups excluding carboxylic acids is 1. The molecule has 0 radical (unpaired) electrons. The lowest BCUT2D eigenvalue weighted by molar-refractivity contribution is 0.0699. The normalized spacial score (nSPS) is 19.6. The number of hydrogen-bond donors (Lipinski definition) is 0. The van der Waals surface area contributed by atoms with E-state index in [4.69, 9.17) is 16.3 Å². The van der Waals surface area contributed by atoms with Crippen LogP contribution in [0.1, 0.15) is 36.0 Å². The third-order valence-corrected chi connectivity index (χ3v) is 4.77. The van der Waals surface area contributed by atoms with Crippen molar-refractivity contribution in [1.82, 2.24) is 4.90 Å². The molecule has 0 aromatic heterocycles. The zero-order valence-electron chi connectivity index (χ0n) is 11.6. The summed E-state index contributed by atoms with van der Waals surface area (Å²) in [6.07, 6.45) is 4.33. The van der Waals surface area contributed by atoms with Crippen molar-refractivity contribution in [2.75, 3.05) is 19.5 Å². The topological polar surface area (TPSA) is 29.5 Å². The van der Waals surface area contributed by atoms with Gasteiger partial charge in [-0.2, -0.15) is 0 Å². The van der Waals surface area contributed by atoms with E-state index in [2.05, 4.69) is 15.9 Å². The van der Waals surface area contributed by atoms with Gasteiger partial charge in [0.15, 0.2) is 0 Å². The Bertz CT molecular complexity index is 481. The van der Waals surface area contributed by atoms with Crippen LogP contribution in [-0.4, -0.2) is 36.4 Å². The first kappa shape index (κ1) is 15.6. The van der Waals surface area contributed by atoms with Gasteiger partial charge in [-0.15, -0.1) is 11.6 Å². The zero-order chi connectivity index (χ0) is 14.5. The summed E-state index contributed by atoms with van der Waals surface area (Å²) in [6.45, 7) is 0.778. The lowest BCUT2D eigenvalue weighted by atomic mass is 10.1. The molecule has 0 spiro atoms. The largest absolute Gasteiger partial charge is 0.497 e. The van der Waals surface area contributed by atoms with E-state index in [1.165, 1.54) is 0 Å². The number of methoxy groups -OCH3 is 1. The Morgan fingerprint density at radius 1 is 1.45 bits per heavy atom. The Hall–Kier alpha value is -0.740. The third-order valence-electron chi connectivity index (χ3n) is 3.72. The quantitative estimate of drug-likeness (QED) is 0.760. The smallest absolute Gasteiger partial charge is 0.255 e. The van der Waals surface area contributed by atoms with Gasteiger partial charge in [0.25, 0.3) is 5.91 Å². The van der Waals surface area contributed by atoms with E-state index in [0.717, 1.165) is 36.7 Å². The highest BCUT2D eigenvalue weighted by molar-refractivity contribution is 9.10. The molecule has 1 atom stereocenters. The molecule has 1 aliphatic heterocycles. The number of rotatable bonds is 3. The lowest BCUT2D eigenvalue weighted by Gasteiger charge is -2.29. The summed E-state index contributed by atoms with van der Waals surface area (Å²) in [5, 5.41) is 0. The average Bonchev–Trinajstić information content (AvgIpc) is 2.72. The molecule has 2 rings (SSSR count). The van der Waals surface area contributed by atoms with Crippen LogP contribution >= 0.6 is 27.5 Å². The van der Waals surface area contributed by atoms with Crippen LogP contribution in [0, 0.1) is 0 Å². The summed E-state index contributed by atoms with van der Waals surface area (Å²) < 4.78 is 6.00. The number of nitrogens with zero attached hydrogens (tertiary/aromatic N) is 1. The van der Waals surface area contributed by atoms with Crippen LogP contribution in [0.25, 0.3) is 0 Å². The maximum atomic E-state index is 12.8. The molecule has 1 unspecified atom stereocenters. The van der Waals surface area contributed by atoms with Gasteiger partial charge in [0.05, 0.1) is 12.7 Å². The molecule has 1 heterocycles. The van der Waals surface area contributed by atoms with Gasteiger partial charge in [-0.3, -0.25) is 4.79 Å². The van der Waals surface area contributed by atoms with E-state index in [-0.39, 0.29) is 11.9 Å². The molecule has 1 aromatic carbocycles. The molecule has 0 aliphatic carbocycles. The summed E-state index contributed by atoms with van der Waals surface area (Å²) in [6, 6.07) is 5.59. The molecular weight excluding hydrogens is 342 g/mol. The van der Waals surface area contributed by atoms with Gasteiger partial charge in [0, 0.05) is 22.9 Å². The molecule has 3 nitrogen and oxygen atoms in total. The Balaban J connectivity index is 2.28. The molecule has 1 aromatic rings. The van der Waals surface area contributed by atoms with Crippen molar-refractivity contribution in [3.63, 3.8) is 0 Å². The van der Waals surface area contributed by atoms with Gasteiger partial charge in [0.2, 0.25) is 0 Å². The van der Waals surface area contributed by atoms with Crippen molar-refractivity contribution in [3.8, 4) is 5.75 Å². The average molecular weight is 361 g/mol. The summed E-state index contributed by atoms with van der Waals surface area (Å²) in [5.74, 6) is 1.21. The second-order valence-corrected chi connectivity index (χ2v) is 6.16. The standard InChI is InChI=1S/C15H19BrClNO2/c1-20-12-6-7-14(16)13(9-12)15(19)18-8-4-2-3-5-11(18)10-17/h6-7,9,11H,2-5,8,10H2,1H3. The number of carbonyl (C=O) groups is 1. The lowest BCUT2D eigenvalue weighted by Crippen LogP contribution is -2.41. The molecule has 0 N–H and O–H groups in total. The maximum absolute atomic E-state index is 12.8. The summed E-state index contributed by atoms with van der Waals surface area (Å²) in [4.78, 5) is 14.7. The van der Waals surface area contributed by atoms with Crippen LogP contribution in [0.2, 0.25) is 0 Å². The van der Waals surface area contributed by atoms with Crippen molar-refractivity contribution in [3.05, 3.63) is 28.2 Å². The minimum Gasteiger partial charge on any atom is -0.497 e. The molecule has 20 heavy (non-hydrogen) atoms. The van der Waals surface area contributed by atoms with E-state index in [1.807, 2.05) is 17.0 Å². The van der Waals surface area contributed by atoms with Crippen LogP contribution in [-0.2, 0) is 0 Å². The van der Waals surface area contributed by atoms with E-state index in [9.17, 15) is 4.79 Å². The molecular formula is C15H19BrClNO2. The minimum atomic E-state index is 0.0309. The number of alkyl halides is 1. The van der Waals surface area contributed by atoms with E-state index in [1.54, 1.807) is 13.2 Å². The summed E-state index contributed by atoms with van der Waals surface area (Å²) in [5.41, 5.74) is 0.640. The SMILES string of the molecule is COc1ccc(Br)c(C(=O)N2CCCCCC2CCl)c1. The Kier molecular flexibility index (Phi) is 5.73. The van der Waals surface area contributed by atoms with Crippen LogP contribution in [0.15, 0.2) is 22.7 Å². The molecule has 5 heteroatoms. The van der Waals surface area contributed by atoms with Crippen molar-refractivity contribution in [2.24, 2.45) is 0 Å². The predicted octanol–water partition coefficient (Wildman–Crippen LogP) is 4.08. The number of halogens is 2. The van der Waals surface area contributed by atoms with Crippen LogP contribution in [0.3, 0.4) is 0 Å². The maximum Gasteiger partial charge on any atom is 0.255 e. The summed E-state index contributed by atoms with van der Waals surface area (Å²) >= 11 is 9.50. The second kappa shape index (κ2) is 7.32. The zero-order valence-corrected chi connectivity index (χ0v) is 13.9. The Labute approximate surface area is 133 Å². The fourth-order valence-electron chi connectivity index (χ4n) is 2.56. The monoisotopic (exact) mass is 359 g/mol. The van der Waals surface area contributed by atoms with Crippen molar-refractivity contribution in [1.29, 1.82) is 0 Å². The van der Waals surface area contributed by atoms with E-state index in [0.29, 0.717) is 17.2 Å². The second-order valence-electron chi connectivity index (χ2n) is 5.00. The van der Waals surface area contributed by atoms with Crippen molar-refractivity contribution < 1.29 is 9.53 Å². The third kappa shape index (κ3) is 3.47. The molecule has 1 fully saturated rings. The first-order valence-corrected chi connectivity index (χ1v) is 8.20. The van der Waals surface area contributed by atoms with Gasteiger partial charge in [-0.1, -0.05) is 12.8 Å². The van der Waals surface area contributed by atoms with Gasteiger partial charge in [-0.05, 0) is 47.0 Å². The fourth-order valence-corrected chi connectivity index (χ4v) is 3.29. The number of benzene rings is 1. The number of likely N-dealkylation sites (tertiary alicyclic amines) is 1. The highest BCUT2D eigenvalue weighted by Gasteiger charge is 2.27. The van der Waals surface area contributed by atoms with Gasteiger partial charge in [0.1, 0.15) is 5.75 Å². The number of ether oxygens (including phenoxy) is 1.